The smallest absolute Gasteiger partial charge is 0.234 e. The molecule has 0 spiro atoms. The third-order valence-electron chi connectivity index (χ3n) is 5.63. The molecule has 1 aromatic carbocycles. The lowest BCUT2D eigenvalue weighted by atomic mass is 10.0. The van der Waals surface area contributed by atoms with Gasteiger partial charge in [0.2, 0.25) is 5.91 Å². The quantitative estimate of drug-likeness (QED) is 0.840. The summed E-state index contributed by atoms with van der Waals surface area (Å²) in [5.41, 5.74) is 1.12. The van der Waals surface area contributed by atoms with Crippen LogP contribution in [0.3, 0.4) is 0 Å². The topological polar surface area (TPSA) is 35.6 Å². The van der Waals surface area contributed by atoms with E-state index in [2.05, 4.69) is 22.0 Å². The fourth-order valence-electron chi connectivity index (χ4n) is 4.12. The molecular weight excluding hydrogens is 334 g/mol. The lowest BCUT2D eigenvalue weighted by molar-refractivity contribution is -0.123. The van der Waals surface area contributed by atoms with Gasteiger partial charge in [0.05, 0.1) is 12.6 Å². The van der Waals surface area contributed by atoms with E-state index in [4.69, 9.17) is 11.6 Å². The summed E-state index contributed by atoms with van der Waals surface area (Å²) in [4.78, 5) is 17.4. The van der Waals surface area contributed by atoms with E-state index < -0.39 is 0 Å². The molecule has 1 saturated carbocycles. The van der Waals surface area contributed by atoms with Crippen LogP contribution in [0, 0.1) is 0 Å². The Balaban J connectivity index is 1.45. The highest BCUT2D eigenvalue weighted by molar-refractivity contribution is 6.30. The zero-order valence-electron chi connectivity index (χ0n) is 15.2. The Morgan fingerprint density at radius 1 is 1.16 bits per heavy atom. The molecule has 1 aromatic rings. The maximum atomic E-state index is 12.5. The Bertz CT molecular complexity index is 549. The Morgan fingerprint density at radius 2 is 1.80 bits per heavy atom. The molecule has 1 atom stereocenters. The zero-order chi connectivity index (χ0) is 17.6. The average Bonchev–Trinajstić information content (AvgIpc) is 3.16. The van der Waals surface area contributed by atoms with Crippen molar-refractivity contribution in [1.82, 2.24) is 15.1 Å². The van der Waals surface area contributed by atoms with Gasteiger partial charge < -0.3 is 5.32 Å². The van der Waals surface area contributed by atoms with Crippen LogP contribution >= 0.6 is 11.6 Å². The van der Waals surface area contributed by atoms with E-state index in [1.165, 1.54) is 25.7 Å². The van der Waals surface area contributed by atoms with Crippen molar-refractivity contribution in [1.29, 1.82) is 0 Å². The molecule has 25 heavy (non-hydrogen) atoms. The molecule has 1 saturated heterocycles. The van der Waals surface area contributed by atoms with Gasteiger partial charge in [0.1, 0.15) is 0 Å². The molecule has 3 rings (SSSR count). The average molecular weight is 364 g/mol. The summed E-state index contributed by atoms with van der Waals surface area (Å²) in [6.07, 6.45) is 6.37. The van der Waals surface area contributed by atoms with Crippen LogP contribution in [0.2, 0.25) is 5.02 Å². The van der Waals surface area contributed by atoms with Crippen LogP contribution in [0.4, 0.5) is 0 Å². The predicted octanol–water partition coefficient (Wildman–Crippen LogP) is 3.47. The van der Waals surface area contributed by atoms with Crippen LogP contribution < -0.4 is 5.32 Å². The minimum absolute atomic E-state index is 0.0598. The van der Waals surface area contributed by atoms with Crippen molar-refractivity contribution < 1.29 is 4.79 Å². The summed E-state index contributed by atoms with van der Waals surface area (Å²) in [5.74, 6) is 0.121. The molecule has 4 nitrogen and oxygen atoms in total. The number of halogens is 1. The van der Waals surface area contributed by atoms with E-state index in [1.54, 1.807) is 0 Å². The van der Waals surface area contributed by atoms with Crippen LogP contribution in [-0.4, -0.2) is 54.5 Å². The number of nitrogens with zero attached hydrogens (tertiary/aromatic N) is 2. The van der Waals surface area contributed by atoms with Gasteiger partial charge in [-0.3, -0.25) is 14.6 Å². The van der Waals surface area contributed by atoms with Gasteiger partial charge in [0.25, 0.3) is 0 Å². The molecule has 0 radical (unpaired) electrons. The Labute approximate surface area is 156 Å². The van der Waals surface area contributed by atoms with Crippen LogP contribution in [0.5, 0.6) is 0 Å². The van der Waals surface area contributed by atoms with Crippen LogP contribution in [-0.2, 0) is 4.79 Å². The van der Waals surface area contributed by atoms with Gasteiger partial charge >= 0.3 is 0 Å². The van der Waals surface area contributed by atoms with Gasteiger partial charge in [-0.15, -0.1) is 0 Å². The second kappa shape index (κ2) is 9.02. The Kier molecular flexibility index (Phi) is 6.74. The minimum Gasteiger partial charge on any atom is -0.348 e. The molecule has 2 fully saturated rings. The molecule has 5 heteroatoms. The van der Waals surface area contributed by atoms with E-state index in [-0.39, 0.29) is 11.9 Å². The first-order chi connectivity index (χ1) is 12.2. The van der Waals surface area contributed by atoms with Crippen molar-refractivity contribution in [3.63, 3.8) is 0 Å². The summed E-state index contributed by atoms with van der Waals surface area (Å²) in [6.45, 7) is 6.81. The Morgan fingerprint density at radius 3 is 2.40 bits per heavy atom. The fourth-order valence-corrected chi connectivity index (χ4v) is 4.24. The molecule has 1 aliphatic heterocycles. The molecular formula is C20H30ClN3O. The predicted molar refractivity (Wildman–Crippen MR) is 103 cm³/mol. The summed E-state index contributed by atoms with van der Waals surface area (Å²) >= 11 is 5.95. The van der Waals surface area contributed by atoms with Crippen molar-refractivity contribution >= 4 is 17.5 Å². The van der Waals surface area contributed by atoms with Crippen molar-refractivity contribution in [2.24, 2.45) is 0 Å². The first-order valence-corrected chi connectivity index (χ1v) is 10.0. The van der Waals surface area contributed by atoms with E-state index in [9.17, 15) is 4.79 Å². The highest BCUT2D eigenvalue weighted by Crippen LogP contribution is 2.24. The summed E-state index contributed by atoms with van der Waals surface area (Å²) < 4.78 is 0. The van der Waals surface area contributed by atoms with Crippen molar-refractivity contribution in [2.45, 2.75) is 51.1 Å². The second-order valence-electron chi connectivity index (χ2n) is 7.33. The molecule has 138 valence electrons. The monoisotopic (exact) mass is 363 g/mol. The van der Waals surface area contributed by atoms with E-state index >= 15 is 0 Å². The number of carbonyl (C=O) groups is 1. The number of benzene rings is 1. The first kappa shape index (κ1) is 18.7. The molecule has 1 heterocycles. The zero-order valence-corrected chi connectivity index (χ0v) is 16.0. The van der Waals surface area contributed by atoms with E-state index in [0.717, 1.165) is 49.2 Å². The van der Waals surface area contributed by atoms with Crippen molar-refractivity contribution in [3.8, 4) is 0 Å². The molecule has 1 unspecified atom stereocenters. The van der Waals surface area contributed by atoms with Crippen LogP contribution in [0.15, 0.2) is 24.3 Å². The van der Waals surface area contributed by atoms with E-state index in [0.29, 0.717) is 6.54 Å². The number of hydrogen-bond acceptors (Lipinski definition) is 3. The SMILES string of the molecule is CCC(NC(=O)CN1CCN(C2CCCC2)CC1)c1ccc(Cl)cc1. The fraction of sp³-hybridized carbons (Fsp3) is 0.650. The second-order valence-corrected chi connectivity index (χ2v) is 7.77. The molecule has 0 bridgehead atoms. The lowest BCUT2D eigenvalue weighted by Crippen LogP contribution is -2.52. The molecule has 2 aliphatic rings. The van der Waals surface area contributed by atoms with Gasteiger partial charge in [-0.2, -0.15) is 0 Å². The third-order valence-corrected chi connectivity index (χ3v) is 5.88. The van der Waals surface area contributed by atoms with Gasteiger partial charge in [-0.05, 0) is 37.0 Å². The standard InChI is InChI=1S/C20H30ClN3O/c1-2-19(16-7-9-17(21)10-8-16)22-20(25)15-23-11-13-24(14-12-23)18-5-3-4-6-18/h7-10,18-19H,2-6,11-15H2,1H3,(H,22,25). The number of nitrogens with one attached hydrogen (secondary N) is 1. The highest BCUT2D eigenvalue weighted by Gasteiger charge is 2.27. The first-order valence-electron chi connectivity index (χ1n) is 9.67. The number of carbonyl (C=O) groups excluding carboxylic acids is 1. The largest absolute Gasteiger partial charge is 0.348 e. The summed E-state index contributed by atoms with van der Waals surface area (Å²) in [7, 11) is 0. The minimum atomic E-state index is 0.0598. The molecule has 1 N–H and O–H groups in total. The van der Waals surface area contributed by atoms with Crippen LogP contribution in [0.25, 0.3) is 0 Å². The van der Waals surface area contributed by atoms with Crippen molar-refractivity contribution in [2.75, 3.05) is 32.7 Å². The van der Waals surface area contributed by atoms with Gasteiger partial charge in [-0.25, -0.2) is 0 Å². The lowest BCUT2D eigenvalue weighted by Gasteiger charge is -2.37. The third kappa shape index (κ3) is 5.19. The van der Waals surface area contributed by atoms with Crippen LogP contribution in [0.1, 0.15) is 50.6 Å². The van der Waals surface area contributed by atoms with Gasteiger partial charge in [0, 0.05) is 37.2 Å². The number of amides is 1. The number of rotatable bonds is 6. The molecule has 0 aromatic heterocycles. The van der Waals surface area contributed by atoms with Crippen molar-refractivity contribution in [3.05, 3.63) is 34.9 Å². The normalized spacial score (nSPS) is 21.4. The van der Waals surface area contributed by atoms with E-state index in [1.807, 2.05) is 24.3 Å². The number of piperazine rings is 1. The van der Waals surface area contributed by atoms with Gasteiger partial charge in [-0.1, -0.05) is 43.5 Å². The Hall–Kier alpha value is -1.10. The highest BCUT2D eigenvalue weighted by atomic mass is 35.5. The summed E-state index contributed by atoms with van der Waals surface area (Å²) in [6, 6.07) is 8.62. The molecule has 1 aliphatic carbocycles. The maximum Gasteiger partial charge on any atom is 0.234 e. The summed E-state index contributed by atoms with van der Waals surface area (Å²) in [5, 5.41) is 3.91. The number of hydrogen-bond donors (Lipinski definition) is 1. The maximum absolute atomic E-state index is 12.5. The van der Waals surface area contributed by atoms with Gasteiger partial charge in [0.15, 0.2) is 0 Å². The molecule has 1 amide bonds.